The zero-order valence-electron chi connectivity index (χ0n) is 47.7. The van der Waals surface area contributed by atoms with Crippen molar-refractivity contribution in [2.45, 2.75) is 77.8 Å². The Morgan fingerprint density at radius 2 is 1.34 bits per heavy atom. The number of aromatic hydroxyl groups is 1. The number of phenols is 1. The van der Waals surface area contributed by atoms with Crippen LogP contribution in [0.4, 0.5) is 31.5 Å². The molecule has 9 heterocycles. The Bertz CT molecular complexity index is 4240. The molecule has 2 fully saturated rings. The lowest BCUT2D eigenvalue weighted by molar-refractivity contribution is -0.130. The molecule has 7 aromatic rings. The molecule has 4 amide bonds. The van der Waals surface area contributed by atoms with Crippen LogP contribution in [-0.4, -0.2) is 144 Å². The molecule has 26 heteroatoms. The summed E-state index contributed by atoms with van der Waals surface area (Å²) >= 11 is 14.4. The number of hydrogen-bond acceptors (Lipinski definition) is 15. The number of aromatic nitrogens is 6. The van der Waals surface area contributed by atoms with Gasteiger partial charge in [0.05, 0.1) is 63.2 Å². The molecular weight excluding hydrogens is 1150 g/mol. The summed E-state index contributed by atoms with van der Waals surface area (Å²) in [5, 5.41) is 27.0. The number of halogens is 4. The van der Waals surface area contributed by atoms with Crippen LogP contribution in [0.3, 0.4) is 0 Å². The summed E-state index contributed by atoms with van der Waals surface area (Å²) in [6.07, 6.45) is 6.01. The first-order chi connectivity index (χ1) is 41.0. The number of benzene rings is 2. The normalized spacial score (nSPS) is 18.6. The molecule has 4 aliphatic rings. The lowest BCUT2D eigenvalue weighted by atomic mass is 9.97. The van der Waals surface area contributed by atoms with Crippen molar-refractivity contribution in [2.24, 2.45) is 0 Å². The van der Waals surface area contributed by atoms with Gasteiger partial charge in [0, 0.05) is 67.4 Å². The molecule has 4 aliphatic heterocycles. The van der Waals surface area contributed by atoms with E-state index in [1.807, 2.05) is 20.8 Å². The number of fused-ring (bicyclic) bond motifs is 10. The van der Waals surface area contributed by atoms with Crippen LogP contribution in [0.15, 0.2) is 102 Å². The average Bonchev–Trinajstić information content (AvgIpc) is 0.786. The molecule has 0 saturated carbocycles. The van der Waals surface area contributed by atoms with Crippen LogP contribution in [0, 0.1) is 17.0 Å². The van der Waals surface area contributed by atoms with Crippen LogP contribution >= 0.6 is 23.2 Å². The summed E-state index contributed by atoms with van der Waals surface area (Å²) in [5.74, 6) is -4.27. The van der Waals surface area contributed by atoms with E-state index in [2.05, 4.69) is 23.6 Å². The van der Waals surface area contributed by atoms with E-state index in [1.165, 1.54) is 81.1 Å². The number of hydrogen-bond donors (Lipinski definition) is 3. The lowest BCUT2D eigenvalue weighted by Gasteiger charge is -2.51. The molecule has 0 bridgehead atoms. The van der Waals surface area contributed by atoms with Crippen molar-refractivity contribution < 1.29 is 37.8 Å². The van der Waals surface area contributed by atoms with Gasteiger partial charge in [-0.15, -0.1) is 0 Å². The highest BCUT2D eigenvalue weighted by Crippen LogP contribution is 2.48. The number of amides is 4. The fourth-order valence-electron chi connectivity index (χ4n) is 12.2. The topological polar surface area (TPSA) is 241 Å². The van der Waals surface area contributed by atoms with Crippen LogP contribution in [0.25, 0.3) is 56.2 Å². The third-order valence-corrected chi connectivity index (χ3v) is 16.4. The summed E-state index contributed by atoms with van der Waals surface area (Å²) in [6.45, 7) is 17.3. The third kappa shape index (κ3) is 9.28. The van der Waals surface area contributed by atoms with Gasteiger partial charge in [0.25, 0.3) is 22.9 Å². The second-order valence-electron chi connectivity index (χ2n) is 21.9. The van der Waals surface area contributed by atoms with Crippen molar-refractivity contribution in [3.05, 3.63) is 135 Å². The molecule has 2 aromatic carbocycles. The Kier molecular flexibility index (Phi) is 15.1. The molecule has 4 atom stereocenters. The number of ether oxygens (including phenoxy) is 1. The number of nitrogens with one attached hydrogen (secondary N) is 2. The number of carbonyl (C=O) groups is 4. The number of carbonyl (C=O) groups excluding carboxylic acids is 4. The van der Waals surface area contributed by atoms with Gasteiger partial charge in [-0.25, -0.2) is 32.6 Å². The standard InChI is InChI=1S/C60H58Cl2F2N14O8/c1-10-45(80)71-24-31(7)74-39(26-71)57(82)70(9)53-51(74)33-22-36(62)50(69-56(33)77(59(53)84)44-19-21-66-78(44)30(5)6)48-38(64)15-13-17-42(48)86-28-73-54-52(75-32(8)25-72(46(81)11-2)27-40(75)58(73)83)34-23-35(61)49(47-37(63)14-12-16-41(47)79)68-55(34)76(60(54)85)43(18-20-65)67-29(3)4/h10-23,29-32,39-40,65,67,79H,1-2,24-28H2,3-9H3/b43-18+,65-20?/t31-,32-,39+,40+/m0/s1. The molecule has 11 rings (SSSR count). The Morgan fingerprint density at radius 3 is 1.92 bits per heavy atom. The van der Waals surface area contributed by atoms with Crippen molar-refractivity contribution in [1.29, 1.82) is 5.41 Å². The molecule has 0 radical (unpaired) electrons. The second-order valence-corrected chi connectivity index (χ2v) is 22.7. The van der Waals surface area contributed by atoms with Gasteiger partial charge in [-0.2, -0.15) is 5.10 Å². The molecule has 444 valence electrons. The van der Waals surface area contributed by atoms with Gasteiger partial charge in [0.2, 0.25) is 11.8 Å². The minimum Gasteiger partial charge on any atom is -0.507 e. The van der Waals surface area contributed by atoms with Crippen LogP contribution < -0.4 is 40.8 Å². The van der Waals surface area contributed by atoms with Gasteiger partial charge in [-0.1, -0.05) is 48.5 Å². The van der Waals surface area contributed by atoms with E-state index in [0.29, 0.717) is 5.69 Å². The average molecular weight is 1210 g/mol. The first-order valence-corrected chi connectivity index (χ1v) is 28.3. The molecular formula is C60H58Cl2F2N14O8. The van der Waals surface area contributed by atoms with E-state index in [4.69, 9.17) is 43.3 Å². The fraction of sp³-hybridized carbons (Fsp3) is 0.300. The van der Waals surface area contributed by atoms with Gasteiger partial charge < -0.3 is 45.1 Å². The summed E-state index contributed by atoms with van der Waals surface area (Å²) < 4.78 is 43.5. The van der Waals surface area contributed by atoms with E-state index in [9.17, 15) is 19.5 Å². The van der Waals surface area contributed by atoms with E-state index in [-0.39, 0.29) is 133 Å². The Labute approximate surface area is 500 Å². The zero-order valence-corrected chi connectivity index (χ0v) is 49.2. The lowest BCUT2D eigenvalue weighted by Crippen LogP contribution is -2.67. The maximum atomic E-state index is 17.2. The maximum absolute atomic E-state index is 17.2. The van der Waals surface area contributed by atoms with Crippen LogP contribution in [-0.2, 0) is 19.2 Å². The van der Waals surface area contributed by atoms with E-state index < -0.39 is 77.1 Å². The number of allylic oxidation sites excluding steroid dienone is 1. The molecule has 0 aliphatic carbocycles. The first-order valence-electron chi connectivity index (χ1n) is 27.5. The quantitative estimate of drug-likeness (QED) is 0.0749. The summed E-state index contributed by atoms with van der Waals surface area (Å²) in [4.78, 5) is 106. The SMILES string of the molecule is C=CC(=O)N1C[C@@H]2C(=O)N(COc3cccc(F)c3-c3nc4c(cc3Cl)c3c(c(=O)n4-c4ccnn4C(C)C)N(C)C(=O)[C@H]4CN(C(=O)C=C)C[C@H](C)N34)c3c(c4cc(Cl)c(-c5c(O)cccc5F)nc4n(/C(=C/C=N)NC(C)C)c3=O)N2[C@@H](C)C1. The van der Waals surface area contributed by atoms with E-state index in [1.54, 1.807) is 41.3 Å². The second kappa shape index (κ2) is 22.2. The highest BCUT2D eigenvalue weighted by atomic mass is 35.5. The van der Waals surface area contributed by atoms with Gasteiger partial charge in [0.15, 0.2) is 18.0 Å². The maximum Gasteiger partial charge on any atom is 0.284 e. The summed E-state index contributed by atoms with van der Waals surface area (Å²) in [5.41, 5.74) is -2.72. The molecule has 22 nitrogen and oxygen atoms in total. The number of phenolic OH excluding ortho intramolecular Hbond substituents is 1. The van der Waals surface area contributed by atoms with Crippen LogP contribution in [0.1, 0.15) is 47.6 Å². The fourth-order valence-corrected chi connectivity index (χ4v) is 12.7. The van der Waals surface area contributed by atoms with E-state index >= 15 is 23.2 Å². The Balaban J connectivity index is 1.12. The summed E-state index contributed by atoms with van der Waals surface area (Å²) in [7, 11) is 1.48. The molecule has 2 saturated heterocycles. The van der Waals surface area contributed by atoms with Gasteiger partial charge in [-0.05, 0) is 96.2 Å². The smallest absolute Gasteiger partial charge is 0.284 e. The minimum absolute atomic E-state index is 0.00401. The van der Waals surface area contributed by atoms with Gasteiger partial charge >= 0.3 is 0 Å². The van der Waals surface area contributed by atoms with E-state index in [0.717, 1.165) is 33.9 Å². The minimum atomic E-state index is -1.22. The van der Waals surface area contributed by atoms with Crippen molar-refractivity contribution in [3.8, 4) is 39.8 Å². The zero-order chi connectivity index (χ0) is 61.6. The highest BCUT2D eigenvalue weighted by molar-refractivity contribution is 6.35. The number of anilines is 4. The number of piperazine rings is 2. The van der Waals surface area contributed by atoms with Crippen molar-refractivity contribution in [1.82, 2.24) is 44.0 Å². The predicted octanol–water partition coefficient (Wildman–Crippen LogP) is 7.49. The Morgan fingerprint density at radius 1 is 0.779 bits per heavy atom. The molecule has 5 aromatic heterocycles. The van der Waals surface area contributed by atoms with Gasteiger partial charge in [0.1, 0.15) is 58.2 Å². The number of pyridine rings is 4. The molecule has 86 heavy (non-hydrogen) atoms. The number of rotatable bonds is 13. The largest absolute Gasteiger partial charge is 0.507 e. The monoisotopic (exact) mass is 1210 g/mol. The van der Waals surface area contributed by atoms with Gasteiger partial charge in [-0.3, -0.25) is 33.7 Å². The highest BCUT2D eigenvalue weighted by Gasteiger charge is 2.50. The van der Waals surface area contributed by atoms with Crippen LogP contribution in [0.2, 0.25) is 10.0 Å². The third-order valence-electron chi connectivity index (χ3n) is 15.8. The predicted molar refractivity (Wildman–Crippen MR) is 325 cm³/mol. The summed E-state index contributed by atoms with van der Waals surface area (Å²) in [6, 6.07) is 8.02. The molecule has 0 spiro atoms. The van der Waals surface area contributed by atoms with Crippen LogP contribution in [0.5, 0.6) is 11.5 Å². The molecule has 3 N–H and O–H groups in total. The first kappa shape index (κ1) is 58.4. The number of nitrogens with zero attached hydrogens (tertiary/aromatic N) is 12. The Hall–Kier alpha value is -9.42. The molecule has 0 unspecified atom stereocenters. The number of likely N-dealkylation sites (N-methyl/N-ethyl adjacent to an activating group) is 1. The van der Waals surface area contributed by atoms with Crippen molar-refractivity contribution in [2.75, 3.05) is 59.6 Å². The van der Waals surface area contributed by atoms with Crippen molar-refractivity contribution >= 4 is 104 Å². The van der Waals surface area contributed by atoms with Crippen molar-refractivity contribution in [3.63, 3.8) is 0 Å².